The Morgan fingerprint density at radius 3 is 2.00 bits per heavy atom. The number of ether oxygens (including phenoxy) is 1. The number of rotatable bonds is 4. The van der Waals surface area contributed by atoms with Crippen LogP contribution in [-0.2, 0) is 9.53 Å². The molecule has 0 aromatic rings. The third kappa shape index (κ3) is 3.81. The Hall–Kier alpha value is -0.370. The number of hydrogen-bond donors (Lipinski definition) is 0. The lowest BCUT2D eigenvalue weighted by Crippen LogP contribution is -2.45. The van der Waals surface area contributed by atoms with Crippen LogP contribution in [0.5, 0.6) is 0 Å². The monoisotopic (exact) mass is 266 g/mol. The molecule has 2 heteroatoms. The molecule has 2 nitrogen and oxygen atoms in total. The fourth-order valence-electron chi connectivity index (χ4n) is 3.95. The highest BCUT2D eigenvalue weighted by atomic mass is 16.5. The van der Waals surface area contributed by atoms with Crippen LogP contribution in [0.2, 0.25) is 0 Å². The zero-order valence-electron chi connectivity index (χ0n) is 12.6. The maximum atomic E-state index is 13.0. The van der Waals surface area contributed by atoms with Gasteiger partial charge in [-0.1, -0.05) is 51.4 Å². The Morgan fingerprint density at radius 1 is 0.947 bits per heavy atom. The molecule has 0 heterocycles. The van der Waals surface area contributed by atoms with Gasteiger partial charge in [0.1, 0.15) is 5.60 Å². The van der Waals surface area contributed by atoms with Gasteiger partial charge in [0.05, 0.1) is 0 Å². The SMILES string of the molecule is CCOC1(C(=O)C2CCCCCC2)CCCCCC1. The van der Waals surface area contributed by atoms with Crippen molar-refractivity contribution in [1.82, 2.24) is 0 Å². The van der Waals surface area contributed by atoms with E-state index in [0.29, 0.717) is 12.4 Å². The summed E-state index contributed by atoms with van der Waals surface area (Å²) >= 11 is 0. The maximum Gasteiger partial charge on any atom is 0.167 e. The largest absolute Gasteiger partial charge is 0.367 e. The minimum Gasteiger partial charge on any atom is -0.367 e. The Morgan fingerprint density at radius 2 is 1.47 bits per heavy atom. The van der Waals surface area contributed by atoms with Crippen LogP contribution in [0, 0.1) is 5.92 Å². The molecular formula is C17H30O2. The second kappa shape index (κ2) is 7.42. The lowest BCUT2D eigenvalue weighted by molar-refractivity contribution is -0.151. The van der Waals surface area contributed by atoms with Gasteiger partial charge < -0.3 is 4.74 Å². The molecule has 0 aromatic heterocycles. The maximum absolute atomic E-state index is 13.0. The van der Waals surface area contributed by atoms with Crippen LogP contribution in [0.15, 0.2) is 0 Å². The zero-order chi connectivity index (χ0) is 13.6. The van der Waals surface area contributed by atoms with Crippen LogP contribution in [0.4, 0.5) is 0 Å². The number of Topliss-reactive ketones (excluding diaryl/α,β-unsaturated/α-hetero) is 1. The second-order valence-electron chi connectivity index (χ2n) is 6.39. The molecule has 0 unspecified atom stereocenters. The van der Waals surface area contributed by atoms with Crippen LogP contribution in [-0.4, -0.2) is 18.0 Å². The Balaban J connectivity index is 2.09. The van der Waals surface area contributed by atoms with Gasteiger partial charge >= 0.3 is 0 Å². The minimum atomic E-state index is -0.416. The van der Waals surface area contributed by atoms with E-state index >= 15 is 0 Å². The smallest absolute Gasteiger partial charge is 0.167 e. The number of carbonyl (C=O) groups is 1. The summed E-state index contributed by atoms with van der Waals surface area (Å²) in [6.45, 7) is 2.71. The van der Waals surface area contributed by atoms with E-state index in [9.17, 15) is 4.79 Å². The van der Waals surface area contributed by atoms with Gasteiger partial charge in [0.25, 0.3) is 0 Å². The number of carbonyl (C=O) groups excluding carboxylic acids is 1. The molecule has 0 atom stereocenters. The van der Waals surface area contributed by atoms with Gasteiger partial charge in [-0.25, -0.2) is 0 Å². The van der Waals surface area contributed by atoms with Crippen LogP contribution in [0.25, 0.3) is 0 Å². The highest BCUT2D eigenvalue weighted by molar-refractivity contribution is 5.89. The standard InChI is InChI=1S/C17H30O2/c1-2-19-17(13-9-5-6-10-14-17)16(18)15-11-7-3-4-8-12-15/h15H,2-14H2,1H3. The van der Waals surface area contributed by atoms with Crippen LogP contribution in [0.1, 0.15) is 84.0 Å². The van der Waals surface area contributed by atoms with Gasteiger partial charge in [-0.15, -0.1) is 0 Å². The quantitative estimate of drug-likeness (QED) is 0.692. The van der Waals surface area contributed by atoms with Crippen molar-refractivity contribution in [2.24, 2.45) is 5.92 Å². The predicted molar refractivity (Wildman–Crippen MR) is 78.3 cm³/mol. The molecule has 0 radical (unpaired) electrons. The summed E-state index contributed by atoms with van der Waals surface area (Å²) in [5.41, 5.74) is -0.416. The highest BCUT2D eigenvalue weighted by Crippen LogP contribution is 2.36. The van der Waals surface area contributed by atoms with Gasteiger partial charge in [-0.3, -0.25) is 4.79 Å². The Labute approximate surface area is 118 Å². The first-order valence-corrected chi connectivity index (χ1v) is 8.47. The van der Waals surface area contributed by atoms with E-state index in [1.54, 1.807) is 0 Å². The van der Waals surface area contributed by atoms with Crippen LogP contribution in [0.3, 0.4) is 0 Å². The molecule has 0 spiro atoms. The topological polar surface area (TPSA) is 26.3 Å². The van der Waals surface area contributed by atoms with Gasteiger partial charge in [0, 0.05) is 12.5 Å². The van der Waals surface area contributed by atoms with E-state index < -0.39 is 5.60 Å². The van der Waals surface area contributed by atoms with Crippen LogP contribution < -0.4 is 0 Å². The lowest BCUT2D eigenvalue weighted by atomic mass is 9.80. The highest BCUT2D eigenvalue weighted by Gasteiger charge is 2.42. The molecule has 0 N–H and O–H groups in total. The predicted octanol–water partition coefficient (Wildman–Crippen LogP) is 4.66. The third-order valence-corrected chi connectivity index (χ3v) is 5.01. The normalized spacial score (nSPS) is 25.5. The van der Waals surface area contributed by atoms with Gasteiger partial charge in [-0.2, -0.15) is 0 Å². The van der Waals surface area contributed by atoms with Crippen molar-refractivity contribution in [3.8, 4) is 0 Å². The second-order valence-corrected chi connectivity index (χ2v) is 6.39. The average molecular weight is 266 g/mol. The molecule has 2 rings (SSSR count). The first-order valence-electron chi connectivity index (χ1n) is 8.47. The van der Waals surface area contributed by atoms with Crippen molar-refractivity contribution in [3.63, 3.8) is 0 Å². The lowest BCUT2D eigenvalue weighted by Gasteiger charge is -2.34. The summed E-state index contributed by atoms with van der Waals surface area (Å²) in [6, 6.07) is 0. The summed E-state index contributed by atoms with van der Waals surface area (Å²) in [5.74, 6) is 0.741. The molecule has 110 valence electrons. The van der Waals surface area contributed by atoms with E-state index in [1.807, 2.05) is 6.92 Å². The van der Waals surface area contributed by atoms with E-state index in [-0.39, 0.29) is 5.92 Å². The van der Waals surface area contributed by atoms with Gasteiger partial charge in [-0.05, 0) is 32.6 Å². The van der Waals surface area contributed by atoms with E-state index in [0.717, 1.165) is 25.7 Å². The van der Waals surface area contributed by atoms with E-state index in [4.69, 9.17) is 4.74 Å². The average Bonchev–Trinajstić information content (AvgIpc) is 2.81. The fourth-order valence-corrected chi connectivity index (χ4v) is 3.95. The molecule has 0 bridgehead atoms. The van der Waals surface area contributed by atoms with Crippen molar-refractivity contribution in [3.05, 3.63) is 0 Å². The molecule has 0 amide bonds. The van der Waals surface area contributed by atoms with Crippen LogP contribution >= 0.6 is 0 Å². The molecule has 2 saturated carbocycles. The Bertz CT molecular complexity index is 269. The molecule has 0 aromatic carbocycles. The van der Waals surface area contributed by atoms with Crippen molar-refractivity contribution >= 4 is 5.78 Å². The molecule has 2 aliphatic rings. The minimum absolute atomic E-state index is 0.284. The summed E-state index contributed by atoms with van der Waals surface area (Å²) < 4.78 is 6.06. The van der Waals surface area contributed by atoms with Crippen molar-refractivity contribution in [2.75, 3.05) is 6.61 Å². The number of ketones is 1. The molecule has 0 saturated heterocycles. The van der Waals surface area contributed by atoms with Gasteiger partial charge in [0.2, 0.25) is 0 Å². The summed E-state index contributed by atoms with van der Waals surface area (Å²) in [4.78, 5) is 13.0. The van der Waals surface area contributed by atoms with E-state index in [1.165, 1.54) is 51.4 Å². The summed E-state index contributed by atoms with van der Waals surface area (Å²) in [7, 11) is 0. The fraction of sp³-hybridized carbons (Fsp3) is 0.941. The van der Waals surface area contributed by atoms with Crippen molar-refractivity contribution < 1.29 is 9.53 Å². The number of hydrogen-bond acceptors (Lipinski definition) is 2. The summed E-state index contributed by atoms with van der Waals surface area (Å²) in [6.07, 6.45) is 14.1. The van der Waals surface area contributed by atoms with Crippen molar-refractivity contribution in [2.45, 2.75) is 89.6 Å². The van der Waals surface area contributed by atoms with Crippen molar-refractivity contribution in [1.29, 1.82) is 0 Å². The summed E-state index contributed by atoms with van der Waals surface area (Å²) in [5, 5.41) is 0. The Kier molecular flexibility index (Phi) is 5.87. The van der Waals surface area contributed by atoms with Gasteiger partial charge in [0.15, 0.2) is 5.78 Å². The molecule has 0 aliphatic heterocycles. The molecule has 2 aliphatic carbocycles. The molecular weight excluding hydrogens is 236 g/mol. The first-order chi connectivity index (χ1) is 9.28. The first kappa shape index (κ1) is 15.0. The molecule has 19 heavy (non-hydrogen) atoms. The molecule has 2 fully saturated rings. The van der Waals surface area contributed by atoms with E-state index in [2.05, 4.69) is 0 Å². The third-order valence-electron chi connectivity index (χ3n) is 5.01. The zero-order valence-corrected chi connectivity index (χ0v) is 12.6.